The van der Waals surface area contributed by atoms with E-state index in [1.807, 2.05) is 139 Å². The zero-order valence-electron chi connectivity index (χ0n) is 23.6. The van der Waals surface area contributed by atoms with Gasteiger partial charge in [-0.2, -0.15) is 0 Å². The quantitative estimate of drug-likeness (QED) is 0.299. The van der Waals surface area contributed by atoms with Gasteiger partial charge >= 0.3 is 0 Å². The van der Waals surface area contributed by atoms with E-state index >= 15 is 0 Å². The number of aliphatic hydroxyl groups is 2. The Balaban J connectivity index is 1.77. The minimum Gasteiger partial charge on any atom is -0.378 e. The monoisotopic (exact) mass is 522 g/mol. The van der Waals surface area contributed by atoms with Gasteiger partial charge in [0.2, 0.25) is 0 Å². The maximum Gasteiger partial charge on any atom is 0.164 e. The lowest BCUT2D eigenvalue weighted by Crippen LogP contribution is -2.55. The van der Waals surface area contributed by atoms with Crippen molar-refractivity contribution in [1.82, 2.24) is 0 Å². The van der Waals surface area contributed by atoms with E-state index in [2.05, 4.69) is 0 Å². The van der Waals surface area contributed by atoms with Crippen LogP contribution in [-0.2, 0) is 20.7 Å². The van der Waals surface area contributed by atoms with Crippen molar-refractivity contribution < 1.29 is 19.7 Å². The number of benzene rings is 4. The second-order valence-corrected chi connectivity index (χ2v) is 11.5. The molecule has 0 bridgehead atoms. The Morgan fingerprint density at radius 3 is 0.872 bits per heavy atom. The van der Waals surface area contributed by atoms with Crippen LogP contribution in [0, 0.1) is 27.7 Å². The van der Waals surface area contributed by atoms with Gasteiger partial charge in [-0.1, -0.05) is 119 Å². The molecule has 2 N–H and O–H groups in total. The third kappa shape index (κ3) is 4.94. The van der Waals surface area contributed by atoms with Crippen molar-refractivity contribution in [2.75, 3.05) is 0 Å². The number of rotatable bonds is 6. The first-order valence-corrected chi connectivity index (χ1v) is 13.5. The maximum absolute atomic E-state index is 12.9. The van der Waals surface area contributed by atoms with Gasteiger partial charge in [0.1, 0.15) is 23.4 Å². The normalized spacial score (nSPS) is 19.3. The molecule has 1 fully saturated rings. The summed E-state index contributed by atoms with van der Waals surface area (Å²) in [5, 5.41) is 25.7. The van der Waals surface area contributed by atoms with Gasteiger partial charge in [0.15, 0.2) is 5.79 Å². The van der Waals surface area contributed by atoms with E-state index in [-0.39, 0.29) is 0 Å². The molecule has 0 aromatic heterocycles. The number of hydrogen-bond donors (Lipinski definition) is 2. The van der Waals surface area contributed by atoms with Crippen LogP contribution in [-0.4, -0.2) is 28.2 Å². The van der Waals surface area contributed by atoms with Gasteiger partial charge in [0.05, 0.1) is 0 Å². The molecule has 1 aliphatic rings. The van der Waals surface area contributed by atoms with Crippen LogP contribution < -0.4 is 0 Å². The van der Waals surface area contributed by atoms with Crippen LogP contribution in [0.15, 0.2) is 97.1 Å². The Kier molecular flexibility index (Phi) is 7.02. The highest BCUT2D eigenvalue weighted by Crippen LogP contribution is 2.50. The highest BCUT2D eigenvalue weighted by atomic mass is 16.8. The molecule has 0 radical (unpaired) electrons. The third-order valence-electron chi connectivity index (χ3n) is 7.89. The van der Waals surface area contributed by atoms with E-state index in [1.54, 1.807) is 0 Å². The Bertz CT molecular complexity index is 1220. The lowest BCUT2D eigenvalue weighted by Gasteiger charge is -2.42. The molecule has 0 spiro atoms. The molecule has 39 heavy (non-hydrogen) atoms. The standard InChI is InChI=1S/C35H38O4/c1-23-7-15-27(16-8-23)34(36,28-17-9-24(2)10-18-28)31-32(39-33(5,6)38-31)35(37,29-19-11-25(3)12-20-29)30-21-13-26(4)14-22-30/h7-22,31-32,36-37H,1-6H3. The zero-order chi connectivity index (χ0) is 28.0. The Labute approximate surface area is 231 Å². The van der Waals surface area contributed by atoms with Crippen molar-refractivity contribution in [2.24, 2.45) is 0 Å². The molecular weight excluding hydrogens is 484 g/mol. The minimum absolute atomic E-state index is 0.670. The van der Waals surface area contributed by atoms with E-state index in [0.717, 1.165) is 22.3 Å². The van der Waals surface area contributed by atoms with E-state index < -0.39 is 29.2 Å². The molecular formula is C35H38O4. The van der Waals surface area contributed by atoms with Gasteiger partial charge in [-0.05, 0) is 63.8 Å². The molecule has 4 heteroatoms. The molecule has 0 saturated carbocycles. The van der Waals surface area contributed by atoms with Gasteiger partial charge < -0.3 is 19.7 Å². The van der Waals surface area contributed by atoms with Crippen molar-refractivity contribution in [3.8, 4) is 0 Å². The molecule has 4 nitrogen and oxygen atoms in total. The Hall–Kier alpha value is -3.28. The summed E-state index contributed by atoms with van der Waals surface area (Å²) in [7, 11) is 0. The zero-order valence-corrected chi connectivity index (χ0v) is 23.6. The molecule has 1 aliphatic heterocycles. The summed E-state index contributed by atoms with van der Waals surface area (Å²) >= 11 is 0. The average molecular weight is 523 g/mol. The molecule has 2 atom stereocenters. The van der Waals surface area contributed by atoms with Gasteiger partial charge in [-0.15, -0.1) is 0 Å². The van der Waals surface area contributed by atoms with E-state index in [9.17, 15) is 10.2 Å². The lowest BCUT2D eigenvalue weighted by atomic mass is 9.71. The summed E-state index contributed by atoms with van der Waals surface area (Å²) in [5.41, 5.74) is 3.77. The predicted octanol–water partition coefficient (Wildman–Crippen LogP) is 6.61. The summed E-state index contributed by atoms with van der Waals surface area (Å²) in [4.78, 5) is 0. The second kappa shape index (κ2) is 10.0. The van der Waals surface area contributed by atoms with Crippen LogP contribution in [0.25, 0.3) is 0 Å². The van der Waals surface area contributed by atoms with Gasteiger partial charge in [-0.3, -0.25) is 0 Å². The molecule has 1 heterocycles. The molecule has 0 amide bonds. The second-order valence-electron chi connectivity index (χ2n) is 11.5. The first kappa shape index (κ1) is 27.3. The van der Waals surface area contributed by atoms with Crippen LogP contribution in [0.5, 0.6) is 0 Å². The molecule has 1 saturated heterocycles. The van der Waals surface area contributed by atoms with Crippen molar-refractivity contribution in [2.45, 2.75) is 70.7 Å². The topological polar surface area (TPSA) is 58.9 Å². The summed E-state index contributed by atoms with van der Waals surface area (Å²) in [6.45, 7) is 11.7. The van der Waals surface area contributed by atoms with Crippen LogP contribution in [0.1, 0.15) is 58.4 Å². The fourth-order valence-electron chi connectivity index (χ4n) is 5.59. The third-order valence-corrected chi connectivity index (χ3v) is 7.89. The number of hydrogen-bond acceptors (Lipinski definition) is 4. The van der Waals surface area contributed by atoms with Gasteiger partial charge in [0, 0.05) is 0 Å². The summed E-state index contributed by atoms with van der Waals surface area (Å²) < 4.78 is 13.2. The highest BCUT2D eigenvalue weighted by molar-refractivity contribution is 5.45. The van der Waals surface area contributed by atoms with Crippen LogP contribution in [0.2, 0.25) is 0 Å². The molecule has 4 aromatic rings. The number of ether oxygens (including phenoxy) is 2. The molecule has 2 unspecified atom stereocenters. The predicted molar refractivity (Wildman–Crippen MR) is 155 cm³/mol. The summed E-state index contributed by atoms with van der Waals surface area (Å²) in [6.07, 6.45) is -1.91. The van der Waals surface area contributed by atoms with Crippen LogP contribution in [0.3, 0.4) is 0 Å². The first-order valence-electron chi connectivity index (χ1n) is 13.5. The van der Waals surface area contributed by atoms with Crippen LogP contribution >= 0.6 is 0 Å². The maximum atomic E-state index is 12.9. The fourth-order valence-corrected chi connectivity index (χ4v) is 5.59. The first-order chi connectivity index (χ1) is 18.4. The molecule has 0 aliphatic carbocycles. The largest absolute Gasteiger partial charge is 0.378 e. The molecule has 202 valence electrons. The fraction of sp³-hybridized carbons (Fsp3) is 0.314. The van der Waals surface area contributed by atoms with E-state index in [1.165, 1.54) is 0 Å². The Morgan fingerprint density at radius 2 is 0.667 bits per heavy atom. The molecule has 5 rings (SSSR count). The van der Waals surface area contributed by atoms with E-state index in [4.69, 9.17) is 9.47 Å². The molecule has 4 aromatic carbocycles. The van der Waals surface area contributed by atoms with Gasteiger partial charge in [-0.25, -0.2) is 0 Å². The SMILES string of the molecule is Cc1ccc(C(O)(c2ccc(C)cc2)C2OC(C)(C)OC2C(O)(c2ccc(C)cc2)c2ccc(C)cc2)cc1. The van der Waals surface area contributed by atoms with Crippen molar-refractivity contribution >= 4 is 0 Å². The summed E-state index contributed by atoms with van der Waals surface area (Å²) in [6, 6.07) is 31.3. The summed E-state index contributed by atoms with van der Waals surface area (Å²) in [5.74, 6) is -1.07. The average Bonchev–Trinajstić information content (AvgIpc) is 3.25. The highest BCUT2D eigenvalue weighted by Gasteiger charge is 2.61. The minimum atomic E-state index is -1.62. The smallest absolute Gasteiger partial charge is 0.164 e. The van der Waals surface area contributed by atoms with E-state index in [0.29, 0.717) is 22.3 Å². The Morgan fingerprint density at radius 1 is 0.462 bits per heavy atom. The van der Waals surface area contributed by atoms with Crippen LogP contribution in [0.4, 0.5) is 0 Å². The van der Waals surface area contributed by atoms with Crippen molar-refractivity contribution in [3.63, 3.8) is 0 Å². The van der Waals surface area contributed by atoms with Crippen molar-refractivity contribution in [1.29, 1.82) is 0 Å². The lowest BCUT2D eigenvalue weighted by molar-refractivity contribution is -0.172. The number of aryl methyl sites for hydroxylation is 4. The van der Waals surface area contributed by atoms with Gasteiger partial charge in [0.25, 0.3) is 0 Å². The van der Waals surface area contributed by atoms with Crippen molar-refractivity contribution in [3.05, 3.63) is 142 Å².